The van der Waals surface area contributed by atoms with Crippen molar-refractivity contribution in [3.8, 4) is 22.9 Å². The molecule has 1 aliphatic rings. The Morgan fingerprint density at radius 2 is 2.00 bits per heavy atom. The number of hydrogen-bond acceptors (Lipinski definition) is 6. The molecule has 0 saturated carbocycles. The maximum Gasteiger partial charge on any atom is 0.228 e. The summed E-state index contributed by atoms with van der Waals surface area (Å²) in [6.07, 6.45) is 1.42. The van der Waals surface area contributed by atoms with E-state index in [2.05, 4.69) is 25.8 Å². The average molecular weight is 428 g/mol. The first-order chi connectivity index (χ1) is 14.7. The molecule has 0 amide bonds. The van der Waals surface area contributed by atoms with E-state index in [1.54, 1.807) is 19.2 Å². The van der Waals surface area contributed by atoms with Gasteiger partial charge in [-0.1, -0.05) is 28.9 Å². The third-order valence-corrected chi connectivity index (χ3v) is 4.65. The minimum Gasteiger partial charge on any atom is -0.490 e. The van der Waals surface area contributed by atoms with Gasteiger partial charge in [0.1, 0.15) is 0 Å². The summed E-state index contributed by atoms with van der Waals surface area (Å²) >= 11 is 6.02. The molecule has 0 bridgehead atoms. The molecule has 1 aromatic heterocycles. The van der Waals surface area contributed by atoms with Crippen molar-refractivity contribution in [1.82, 2.24) is 15.5 Å². The van der Waals surface area contributed by atoms with Gasteiger partial charge in [0.2, 0.25) is 11.7 Å². The molecule has 0 aliphatic carbocycles. The molecule has 2 N–H and O–H groups in total. The van der Waals surface area contributed by atoms with E-state index >= 15 is 0 Å². The molecule has 1 aliphatic heterocycles. The normalized spacial score (nSPS) is 13.6. The molecule has 2 aromatic carbocycles. The van der Waals surface area contributed by atoms with Gasteiger partial charge in [-0.05, 0) is 24.3 Å². The van der Waals surface area contributed by atoms with Crippen molar-refractivity contribution in [2.24, 2.45) is 4.99 Å². The summed E-state index contributed by atoms with van der Waals surface area (Å²) in [5.41, 5.74) is 1.67. The molecule has 2 heterocycles. The summed E-state index contributed by atoms with van der Waals surface area (Å²) in [7, 11) is 1.71. The van der Waals surface area contributed by atoms with Crippen molar-refractivity contribution < 1.29 is 14.0 Å². The molecular formula is C21H22ClN5O3. The van der Waals surface area contributed by atoms with E-state index in [0.717, 1.165) is 29.2 Å². The molecule has 0 fully saturated rings. The van der Waals surface area contributed by atoms with Crippen molar-refractivity contribution in [2.75, 3.05) is 32.1 Å². The van der Waals surface area contributed by atoms with Gasteiger partial charge in [0.05, 0.1) is 13.2 Å². The molecule has 9 heteroatoms. The highest BCUT2D eigenvalue weighted by atomic mass is 35.5. The first-order valence-corrected chi connectivity index (χ1v) is 10.0. The minimum atomic E-state index is 0.516. The van der Waals surface area contributed by atoms with Crippen molar-refractivity contribution in [2.45, 2.75) is 12.8 Å². The van der Waals surface area contributed by atoms with Crippen LogP contribution in [0.4, 0.5) is 5.69 Å². The van der Waals surface area contributed by atoms with Crippen LogP contribution in [0.2, 0.25) is 5.02 Å². The Hall–Kier alpha value is -3.26. The van der Waals surface area contributed by atoms with Crippen LogP contribution in [-0.4, -0.2) is 42.9 Å². The maximum atomic E-state index is 6.02. The molecule has 8 nitrogen and oxygen atoms in total. The highest BCUT2D eigenvalue weighted by Crippen LogP contribution is 2.32. The number of guanidine groups is 1. The zero-order valence-electron chi connectivity index (χ0n) is 16.5. The van der Waals surface area contributed by atoms with Crippen molar-refractivity contribution in [3.05, 3.63) is 53.4 Å². The standard InChI is InChI=1S/C21H22ClN5O3/c1-23-21(25-16-6-7-17-18(13-16)29-11-3-10-28-17)24-9-8-19-26-20(27-30-19)14-4-2-5-15(22)12-14/h2,4-7,12-13H,3,8-11H2,1H3,(H2,23,24,25). The van der Waals surface area contributed by atoms with E-state index in [0.29, 0.717) is 48.9 Å². The summed E-state index contributed by atoms with van der Waals surface area (Å²) in [6, 6.07) is 13.1. The maximum absolute atomic E-state index is 6.02. The Balaban J connectivity index is 1.32. The smallest absolute Gasteiger partial charge is 0.228 e. The number of anilines is 1. The number of aliphatic imine (C=N–C) groups is 1. The number of halogens is 1. The first kappa shape index (κ1) is 20.0. The van der Waals surface area contributed by atoms with E-state index < -0.39 is 0 Å². The van der Waals surface area contributed by atoms with Crippen molar-refractivity contribution in [1.29, 1.82) is 0 Å². The van der Waals surface area contributed by atoms with E-state index in [1.807, 2.05) is 30.3 Å². The number of benzene rings is 2. The van der Waals surface area contributed by atoms with E-state index in [4.69, 9.17) is 25.6 Å². The van der Waals surface area contributed by atoms with Crippen LogP contribution in [0.25, 0.3) is 11.4 Å². The van der Waals surface area contributed by atoms with Gasteiger partial charge in [0, 0.05) is 48.8 Å². The first-order valence-electron chi connectivity index (χ1n) is 9.67. The van der Waals surface area contributed by atoms with E-state index in [-0.39, 0.29) is 0 Å². The second-order valence-electron chi connectivity index (χ2n) is 6.61. The monoisotopic (exact) mass is 427 g/mol. The van der Waals surface area contributed by atoms with Gasteiger partial charge in [-0.15, -0.1) is 0 Å². The number of rotatable bonds is 5. The fraction of sp³-hybridized carbons (Fsp3) is 0.286. The lowest BCUT2D eigenvalue weighted by molar-refractivity contribution is 0.297. The van der Waals surface area contributed by atoms with Crippen LogP contribution in [0.1, 0.15) is 12.3 Å². The Morgan fingerprint density at radius 1 is 1.13 bits per heavy atom. The second kappa shape index (κ2) is 9.49. The van der Waals surface area contributed by atoms with Gasteiger partial charge in [-0.3, -0.25) is 4.99 Å². The fourth-order valence-electron chi connectivity index (χ4n) is 2.95. The molecular weight excluding hydrogens is 406 g/mol. The Bertz CT molecular complexity index is 1040. The predicted octanol–water partition coefficient (Wildman–Crippen LogP) is 3.78. The van der Waals surface area contributed by atoms with Gasteiger partial charge in [-0.25, -0.2) is 0 Å². The Labute approximate surface area is 179 Å². The summed E-state index contributed by atoms with van der Waals surface area (Å²) in [5, 5.41) is 11.1. The van der Waals surface area contributed by atoms with Gasteiger partial charge in [0.15, 0.2) is 17.5 Å². The van der Waals surface area contributed by atoms with Crippen LogP contribution in [0.3, 0.4) is 0 Å². The number of fused-ring (bicyclic) bond motifs is 1. The third-order valence-electron chi connectivity index (χ3n) is 4.42. The average Bonchev–Trinajstić information content (AvgIpc) is 3.10. The Morgan fingerprint density at radius 3 is 2.83 bits per heavy atom. The van der Waals surface area contributed by atoms with Crippen LogP contribution < -0.4 is 20.1 Å². The summed E-state index contributed by atoms with van der Waals surface area (Å²) in [5.74, 6) is 3.16. The summed E-state index contributed by atoms with van der Waals surface area (Å²) in [4.78, 5) is 8.67. The third kappa shape index (κ3) is 5.01. The number of aromatic nitrogens is 2. The lowest BCUT2D eigenvalue weighted by Gasteiger charge is -2.13. The number of nitrogens with one attached hydrogen (secondary N) is 2. The van der Waals surface area contributed by atoms with Crippen LogP contribution >= 0.6 is 11.6 Å². The Kier molecular flexibility index (Phi) is 6.34. The number of hydrogen-bond donors (Lipinski definition) is 2. The minimum absolute atomic E-state index is 0.516. The molecule has 156 valence electrons. The van der Waals surface area contributed by atoms with Gasteiger partial charge in [0.25, 0.3) is 0 Å². The molecule has 0 atom stereocenters. The van der Waals surface area contributed by atoms with Crippen LogP contribution in [-0.2, 0) is 6.42 Å². The summed E-state index contributed by atoms with van der Waals surface area (Å²) < 4.78 is 16.7. The second-order valence-corrected chi connectivity index (χ2v) is 7.04. The van der Waals surface area contributed by atoms with Crippen LogP contribution in [0.15, 0.2) is 52.0 Å². The highest BCUT2D eigenvalue weighted by Gasteiger charge is 2.12. The largest absolute Gasteiger partial charge is 0.490 e. The lowest BCUT2D eigenvalue weighted by atomic mass is 10.2. The van der Waals surface area contributed by atoms with E-state index in [9.17, 15) is 0 Å². The molecule has 0 spiro atoms. The zero-order valence-corrected chi connectivity index (χ0v) is 17.3. The number of ether oxygens (including phenoxy) is 2. The lowest BCUT2D eigenvalue weighted by Crippen LogP contribution is -2.32. The molecule has 4 rings (SSSR count). The van der Waals surface area contributed by atoms with Gasteiger partial charge < -0.3 is 24.6 Å². The molecule has 0 saturated heterocycles. The summed E-state index contributed by atoms with van der Waals surface area (Å²) in [6.45, 7) is 1.88. The molecule has 0 radical (unpaired) electrons. The fourth-order valence-corrected chi connectivity index (χ4v) is 3.14. The zero-order chi connectivity index (χ0) is 20.8. The quantitative estimate of drug-likeness (QED) is 0.472. The van der Waals surface area contributed by atoms with E-state index in [1.165, 1.54) is 0 Å². The predicted molar refractivity (Wildman–Crippen MR) is 115 cm³/mol. The SMILES string of the molecule is CN=C(NCCc1nc(-c2cccc(Cl)c2)no1)Nc1ccc2c(c1)OCCCO2. The van der Waals surface area contributed by atoms with Crippen LogP contribution in [0, 0.1) is 0 Å². The van der Waals surface area contributed by atoms with Gasteiger partial charge >= 0.3 is 0 Å². The van der Waals surface area contributed by atoms with Crippen molar-refractivity contribution >= 4 is 23.2 Å². The molecule has 3 aromatic rings. The topological polar surface area (TPSA) is 93.8 Å². The highest BCUT2D eigenvalue weighted by molar-refractivity contribution is 6.30. The molecule has 0 unspecified atom stereocenters. The molecule has 30 heavy (non-hydrogen) atoms. The number of nitrogens with zero attached hydrogens (tertiary/aromatic N) is 3. The van der Waals surface area contributed by atoms with Crippen LogP contribution in [0.5, 0.6) is 11.5 Å². The van der Waals surface area contributed by atoms with Gasteiger partial charge in [-0.2, -0.15) is 4.98 Å². The van der Waals surface area contributed by atoms with Crippen molar-refractivity contribution in [3.63, 3.8) is 0 Å².